The number of nitrogens with one attached hydrogen (secondary N) is 1. The summed E-state index contributed by atoms with van der Waals surface area (Å²) in [5, 5.41) is 8.74. The van der Waals surface area contributed by atoms with E-state index in [4.69, 9.17) is 5.26 Å². The van der Waals surface area contributed by atoms with Crippen LogP contribution in [0, 0.1) is 11.3 Å². The van der Waals surface area contributed by atoms with Crippen LogP contribution in [0.25, 0.3) is 0 Å². The summed E-state index contributed by atoms with van der Waals surface area (Å²) in [6, 6.07) is 11.3. The smallest absolute Gasteiger partial charge is 0.240 e. The standard InChI is InChI=1S/C15H16N4O2S/c1-19(2)15-13(4-3-9-17-15)11-18-22(20,21)14-7-5-12(10-16)6-8-14/h3-9,18H,11H2,1-2H3. The van der Waals surface area contributed by atoms with Crippen molar-refractivity contribution < 1.29 is 8.42 Å². The number of hydrogen-bond acceptors (Lipinski definition) is 5. The molecule has 0 spiro atoms. The molecule has 0 bridgehead atoms. The van der Waals surface area contributed by atoms with Gasteiger partial charge in [-0.25, -0.2) is 18.1 Å². The minimum atomic E-state index is -3.63. The lowest BCUT2D eigenvalue weighted by Crippen LogP contribution is -2.25. The summed E-state index contributed by atoms with van der Waals surface area (Å²) in [5.41, 5.74) is 1.20. The van der Waals surface area contributed by atoms with Gasteiger partial charge in [-0.05, 0) is 30.3 Å². The fourth-order valence-electron chi connectivity index (χ4n) is 1.94. The molecule has 7 heteroatoms. The van der Waals surface area contributed by atoms with Crippen molar-refractivity contribution in [1.82, 2.24) is 9.71 Å². The number of benzene rings is 1. The maximum atomic E-state index is 12.3. The van der Waals surface area contributed by atoms with Gasteiger partial charge in [0, 0.05) is 32.4 Å². The summed E-state index contributed by atoms with van der Waals surface area (Å²) in [6.45, 7) is 0.143. The van der Waals surface area contributed by atoms with E-state index >= 15 is 0 Å². The Bertz CT molecular complexity index is 793. The molecule has 0 saturated carbocycles. The van der Waals surface area contributed by atoms with E-state index in [9.17, 15) is 8.42 Å². The average Bonchev–Trinajstić information content (AvgIpc) is 2.53. The third-order valence-corrected chi connectivity index (χ3v) is 4.45. The van der Waals surface area contributed by atoms with E-state index in [0.717, 1.165) is 5.56 Å². The Hall–Kier alpha value is -2.43. The molecule has 22 heavy (non-hydrogen) atoms. The Kier molecular flexibility index (Phi) is 4.75. The molecule has 114 valence electrons. The van der Waals surface area contributed by atoms with Gasteiger partial charge in [0.15, 0.2) is 0 Å². The summed E-state index contributed by atoms with van der Waals surface area (Å²) in [5.74, 6) is 0.713. The molecule has 1 N–H and O–H groups in total. The number of pyridine rings is 1. The predicted molar refractivity (Wildman–Crippen MR) is 83.7 cm³/mol. The minimum Gasteiger partial charge on any atom is -0.362 e. The van der Waals surface area contributed by atoms with Gasteiger partial charge in [-0.3, -0.25) is 0 Å². The number of nitrogens with zero attached hydrogens (tertiary/aromatic N) is 3. The molecule has 0 aliphatic rings. The first-order valence-corrected chi connectivity index (χ1v) is 8.03. The van der Waals surface area contributed by atoms with Gasteiger partial charge in [-0.1, -0.05) is 6.07 Å². The summed E-state index contributed by atoms with van der Waals surface area (Å²) < 4.78 is 27.1. The van der Waals surface area contributed by atoms with Gasteiger partial charge in [0.05, 0.1) is 16.5 Å². The highest BCUT2D eigenvalue weighted by Gasteiger charge is 2.15. The molecule has 1 aromatic heterocycles. The van der Waals surface area contributed by atoms with Crippen LogP contribution in [0.3, 0.4) is 0 Å². The van der Waals surface area contributed by atoms with Crippen molar-refractivity contribution in [3.8, 4) is 6.07 Å². The molecular formula is C15H16N4O2S. The van der Waals surface area contributed by atoms with Crippen LogP contribution in [0.4, 0.5) is 5.82 Å². The largest absolute Gasteiger partial charge is 0.362 e. The van der Waals surface area contributed by atoms with E-state index in [2.05, 4.69) is 9.71 Å². The quantitative estimate of drug-likeness (QED) is 0.903. The van der Waals surface area contributed by atoms with Gasteiger partial charge in [0.1, 0.15) is 5.82 Å². The highest BCUT2D eigenvalue weighted by molar-refractivity contribution is 7.89. The molecule has 0 atom stereocenters. The molecule has 0 aliphatic carbocycles. The molecule has 6 nitrogen and oxygen atoms in total. The lowest BCUT2D eigenvalue weighted by Gasteiger charge is -2.16. The van der Waals surface area contributed by atoms with E-state index in [1.807, 2.05) is 31.1 Å². The number of anilines is 1. The molecule has 1 heterocycles. The SMILES string of the molecule is CN(C)c1ncccc1CNS(=O)(=O)c1ccc(C#N)cc1. The van der Waals surface area contributed by atoms with Crippen molar-refractivity contribution >= 4 is 15.8 Å². The van der Waals surface area contributed by atoms with Gasteiger partial charge >= 0.3 is 0 Å². The first-order valence-electron chi connectivity index (χ1n) is 6.55. The molecule has 0 saturated heterocycles. The second-order valence-corrected chi connectivity index (χ2v) is 6.61. The zero-order valence-corrected chi connectivity index (χ0v) is 13.1. The lowest BCUT2D eigenvalue weighted by atomic mass is 10.2. The molecule has 2 aromatic rings. The van der Waals surface area contributed by atoms with Crippen LogP contribution < -0.4 is 9.62 Å². The van der Waals surface area contributed by atoms with Crippen LogP contribution in [0.15, 0.2) is 47.5 Å². The van der Waals surface area contributed by atoms with Crippen LogP contribution in [-0.2, 0) is 16.6 Å². The van der Waals surface area contributed by atoms with Crippen molar-refractivity contribution in [2.75, 3.05) is 19.0 Å². The predicted octanol–water partition coefficient (Wildman–Crippen LogP) is 1.50. The van der Waals surface area contributed by atoms with Crippen LogP contribution in [-0.4, -0.2) is 27.5 Å². The normalized spacial score (nSPS) is 11.0. The van der Waals surface area contributed by atoms with Crippen molar-refractivity contribution in [1.29, 1.82) is 5.26 Å². The Morgan fingerprint density at radius 2 is 1.91 bits per heavy atom. The van der Waals surface area contributed by atoms with Crippen molar-refractivity contribution in [2.45, 2.75) is 11.4 Å². The molecule has 0 unspecified atom stereocenters. The molecule has 0 amide bonds. The summed E-state index contributed by atoms with van der Waals surface area (Å²) in [4.78, 5) is 6.18. The topological polar surface area (TPSA) is 86.1 Å². The molecule has 0 radical (unpaired) electrons. The zero-order chi connectivity index (χ0) is 16.2. The number of rotatable bonds is 5. The van der Waals surface area contributed by atoms with E-state index < -0.39 is 10.0 Å². The molecule has 1 aromatic carbocycles. The third-order valence-electron chi connectivity index (χ3n) is 3.04. The monoisotopic (exact) mass is 316 g/mol. The summed E-state index contributed by atoms with van der Waals surface area (Å²) in [6.07, 6.45) is 1.66. The van der Waals surface area contributed by atoms with E-state index in [-0.39, 0.29) is 11.4 Å². The molecule has 0 fully saturated rings. The van der Waals surface area contributed by atoms with E-state index in [1.165, 1.54) is 24.3 Å². The highest BCUT2D eigenvalue weighted by Crippen LogP contribution is 2.16. The van der Waals surface area contributed by atoms with Crippen LogP contribution in [0.1, 0.15) is 11.1 Å². The molecular weight excluding hydrogens is 300 g/mol. The highest BCUT2D eigenvalue weighted by atomic mass is 32.2. The Balaban J connectivity index is 2.18. The van der Waals surface area contributed by atoms with Crippen molar-refractivity contribution in [3.63, 3.8) is 0 Å². The number of sulfonamides is 1. The number of aromatic nitrogens is 1. The maximum absolute atomic E-state index is 12.3. The Morgan fingerprint density at radius 1 is 1.23 bits per heavy atom. The maximum Gasteiger partial charge on any atom is 0.240 e. The number of nitriles is 1. The first-order chi connectivity index (χ1) is 10.4. The van der Waals surface area contributed by atoms with Crippen LogP contribution >= 0.6 is 0 Å². The minimum absolute atomic E-state index is 0.127. The van der Waals surface area contributed by atoms with Gasteiger partial charge < -0.3 is 4.90 Å². The van der Waals surface area contributed by atoms with Crippen LogP contribution in [0.2, 0.25) is 0 Å². The van der Waals surface area contributed by atoms with Crippen molar-refractivity contribution in [3.05, 3.63) is 53.7 Å². The van der Waals surface area contributed by atoms with Gasteiger partial charge in [-0.2, -0.15) is 5.26 Å². The zero-order valence-electron chi connectivity index (χ0n) is 12.3. The van der Waals surface area contributed by atoms with E-state index in [1.54, 1.807) is 12.3 Å². The third kappa shape index (κ3) is 3.61. The fourth-order valence-corrected chi connectivity index (χ4v) is 2.94. The van der Waals surface area contributed by atoms with Crippen molar-refractivity contribution in [2.24, 2.45) is 0 Å². The van der Waals surface area contributed by atoms with Gasteiger partial charge in [0.25, 0.3) is 0 Å². The average molecular weight is 316 g/mol. The Labute approximate surface area is 130 Å². The van der Waals surface area contributed by atoms with Gasteiger partial charge in [0.2, 0.25) is 10.0 Å². The molecule has 2 rings (SSSR count). The van der Waals surface area contributed by atoms with Gasteiger partial charge in [-0.15, -0.1) is 0 Å². The molecule has 0 aliphatic heterocycles. The number of hydrogen-bond donors (Lipinski definition) is 1. The summed E-state index contributed by atoms with van der Waals surface area (Å²) >= 11 is 0. The first kappa shape index (κ1) is 15.9. The second kappa shape index (κ2) is 6.56. The Morgan fingerprint density at radius 3 is 2.50 bits per heavy atom. The second-order valence-electron chi connectivity index (χ2n) is 4.84. The summed E-state index contributed by atoms with van der Waals surface area (Å²) in [7, 11) is 0.0647. The lowest BCUT2D eigenvalue weighted by molar-refractivity contribution is 0.581. The van der Waals surface area contributed by atoms with Crippen LogP contribution in [0.5, 0.6) is 0 Å². The van der Waals surface area contributed by atoms with E-state index in [0.29, 0.717) is 11.4 Å². The fraction of sp³-hybridized carbons (Fsp3) is 0.200.